The summed E-state index contributed by atoms with van der Waals surface area (Å²) in [5, 5.41) is 5.53. The Morgan fingerprint density at radius 3 is 2.26 bits per heavy atom. The maximum Gasteiger partial charge on any atom is 0.262 e. The summed E-state index contributed by atoms with van der Waals surface area (Å²) in [5.74, 6) is 0.220. The van der Waals surface area contributed by atoms with Crippen molar-refractivity contribution in [3.05, 3.63) is 48.5 Å². The van der Waals surface area contributed by atoms with Gasteiger partial charge in [0.05, 0.1) is 13.0 Å². The number of rotatable bonds is 8. The second-order valence-electron chi connectivity index (χ2n) is 6.21. The topological polar surface area (TPSA) is 103 Å². The van der Waals surface area contributed by atoms with Gasteiger partial charge in [-0.25, -0.2) is 0 Å². The Kier molecular flexibility index (Phi) is 7.19. The molecule has 0 aromatic heterocycles. The lowest BCUT2D eigenvalue weighted by Crippen LogP contribution is -2.34. The summed E-state index contributed by atoms with van der Waals surface area (Å²) in [6.07, 6.45) is 0. The first-order chi connectivity index (χ1) is 12.9. The average Bonchev–Trinajstić information content (AvgIpc) is 2.66. The molecular weight excluding hydrogens is 346 g/mol. The van der Waals surface area contributed by atoms with E-state index in [4.69, 9.17) is 15.2 Å². The number of benzene rings is 2. The van der Waals surface area contributed by atoms with E-state index < -0.39 is 0 Å². The van der Waals surface area contributed by atoms with Crippen LogP contribution in [0.1, 0.15) is 13.8 Å². The van der Waals surface area contributed by atoms with Crippen LogP contribution in [0.15, 0.2) is 48.5 Å². The predicted octanol–water partition coefficient (Wildman–Crippen LogP) is 2.63. The van der Waals surface area contributed by atoms with Crippen LogP contribution in [-0.2, 0) is 9.59 Å². The molecule has 2 atom stereocenters. The van der Waals surface area contributed by atoms with Crippen molar-refractivity contribution in [3.8, 4) is 11.5 Å². The SMILES string of the molecule is COc1ccccc1OCC(=O)Nc1cccc(NC(=O)C(C)C(C)N)c1. The first-order valence-electron chi connectivity index (χ1n) is 8.63. The van der Waals surface area contributed by atoms with Crippen LogP contribution in [0.4, 0.5) is 11.4 Å². The highest BCUT2D eigenvalue weighted by Crippen LogP contribution is 2.25. The van der Waals surface area contributed by atoms with Gasteiger partial charge in [-0.15, -0.1) is 0 Å². The van der Waals surface area contributed by atoms with E-state index in [1.54, 1.807) is 56.3 Å². The Balaban J connectivity index is 1.93. The number of amides is 2. The number of carbonyl (C=O) groups excluding carboxylic acids is 2. The molecule has 0 heterocycles. The van der Waals surface area contributed by atoms with Crippen LogP contribution in [0, 0.1) is 5.92 Å². The molecule has 4 N–H and O–H groups in total. The van der Waals surface area contributed by atoms with Crippen molar-refractivity contribution < 1.29 is 19.1 Å². The van der Waals surface area contributed by atoms with Gasteiger partial charge in [0, 0.05) is 17.4 Å². The van der Waals surface area contributed by atoms with Crippen molar-refractivity contribution in [2.45, 2.75) is 19.9 Å². The lowest BCUT2D eigenvalue weighted by Gasteiger charge is -2.16. The normalized spacial score (nSPS) is 12.6. The number of nitrogens with one attached hydrogen (secondary N) is 2. The number of methoxy groups -OCH3 is 1. The molecule has 2 rings (SSSR count). The molecule has 2 amide bonds. The van der Waals surface area contributed by atoms with Gasteiger partial charge in [0.1, 0.15) is 0 Å². The Morgan fingerprint density at radius 2 is 1.63 bits per heavy atom. The first-order valence-corrected chi connectivity index (χ1v) is 8.63. The van der Waals surface area contributed by atoms with Crippen molar-refractivity contribution in [2.24, 2.45) is 11.7 Å². The van der Waals surface area contributed by atoms with Crippen molar-refractivity contribution in [3.63, 3.8) is 0 Å². The van der Waals surface area contributed by atoms with Gasteiger partial charge >= 0.3 is 0 Å². The molecule has 27 heavy (non-hydrogen) atoms. The monoisotopic (exact) mass is 371 g/mol. The molecule has 0 aliphatic carbocycles. The number of carbonyl (C=O) groups is 2. The lowest BCUT2D eigenvalue weighted by molar-refractivity contribution is -0.120. The largest absolute Gasteiger partial charge is 0.493 e. The maximum atomic E-state index is 12.1. The third kappa shape index (κ3) is 6.00. The lowest BCUT2D eigenvalue weighted by atomic mass is 10.0. The molecule has 0 radical (unpaired) electrons. The quantitative estimate of drug-likeness (QED) is 0.662. The van der Waals surface area contributed by atoms with E-state index in [2.05, 4.69) is 10.6 Å². The number of nitrogens with two attached hydrogens (primary N) is 1. The molecule has 0 saturated carbocycles. The predicted molar refractivity (Wildman–Crippen MR) is 105 cm³/mol. The van der Waals surface area contributed by atoms with Crippen LogP contribution in [0.2, 0.25) is 0 Å². The van der Waals surface area contributed by atoms with Gasteiger partial charge in [-0.3, -0.25) is 9.59 Å². The van der Waals surface area contributed by atoms with Gasteiger partial charge in [-0.2, -0.15) is 0 Å². The Morgan fingerprint density at radius 1 is 1.00 bits per heavy atom. The smallest absolute Gasteiger partial charge is 0.262 e. The van der Waals surface area contributed by atoms with E-state index in [0.29, 0.717) is 22.9 Å². The number of hydrogen-bond acceptors (Lipinski definition) is 5. The average molecular weight is 371 g/mol. The van der Waals surface area contributed by atoms with E-state index in [1.807, 2.05) is 6.07 Å². The Hall–Kier alpha value is -3.06. The van der Waals surface area contributed by atoms with E-state index in [-0.39, 0.29) is 30.4 Å². The molecular formula is C20H25N3O4. The summed E-state index contributed by atoms with van der Waals surface area (Å²) < 4.78 is 10.7. The minimum atomic E-state index is -0.326. The van der Waals surface area contributed by atoms with Crippen LogP contribution in [0.25, 0.3) is 0 Å². The van der Waals surface area contributed by atoms with Gasteiger partial charge in [-0.05, 0) is 37.3 Å². The summed E-state index contributed by atoms with van der Waals surface area (Å²) in [6, 6.07) is 13.7. The molecule has 0 spiro atoms. The first kappa shape index (κ1) is 20.3. The van der Waals surface area contributed by atoms with E-state index >= 15 is 0 Å². The molecule has 7 nitrogen and oxygen atoms in total. The van der Waals surface area contributed by atoms with Crippen molar-refractivity contribution in [1.29, 1.82) is 0 Å². The zero-order valence-electron chi connectivity index (χ0n) is 15.7. The van der Waals surface area contributed by atoms with E-state index in [1.165, 1.54) is 7.11 Å². The van der Waals surface area contributed by atoms with Gasteiger partial charge in [0.15, 0.2) is 18.1 Å². The summed E-state index contributed by atoms with van der Waals surface area (Å²) in [5.41, 5.74) is 6.88. The van der Waals surface area contributed by atoms with Crippen LogP contribution in [-0.4, -0.2) is 31.6 Å². The zero-order valence-corrected chi connectivity index (χ0v) is 15.7. The highest BCUT2D eigenvalue weighted by Gasteiger charge is 2.17. The molecule has 2 aromatic carbocycles. The third-order valence-corrected chi connectivity index (χ3v) is 4.04. The molecule has 7 heteroatoms. The number of hydrogen-bond donors (Lipinski definition) is 3. The Bertz CT molecular complexity index is 792. The maximum absolute atomic E-state index is 12.1. The highest BCUT2D eigenvalue weighted by molar-refractivity contribution is 5.95. The van der Waals surface area contributed by atoms with Gasteiger partial charge in [-0.1, -0.05) is 25.1 Å². The molecule has 144 valence electrons. The van der Waals surface area contributed by atoms with Crippen LogP contribution < -0.4 is 25.8 Å². The second kappa shape index (κ2) is 9.59. The van der Waals surface area contributed by atoms with Gasteiger partial charge in [0.2, 0.25) is 5.91 Å². The molecule has 2 aromatic rings. The zero-order chi connectivity index (χ0) is 19.8. The minimum absolute atomic E-state index is 0.168. The molecule has 0 aliphatic heterocycles. The summed E-state index contributed by atoms with van der Waals surface area (Å²) in [7, 11) is 1.54. The van der Waals surface area contributed by atoms with Gasteiger partial charge < -0.3 is 25.8 Å². The second-order valence-corrected chi connectivity index (χ2v) is 6.21. The molecule has 0 bridgehead atoms. The molecule has 0 saturated heterocycles. The van der Waals surface area contributed by atoms with Crippen LogP contribution in [0.3, 0.4) is 0 Å². The standard InChI is InChI=1S/C20H25N3O4/c1-13(14(2)21)20(25)23-16-8-6-7-15(11-16)22-19(24)12-27-18-10-5-4-9-17(18)26-3/h4-11,13-14H,12,21H2,1-3H3,(H,22,24)(H,23,25). The number of para-hydroxylation sites is 2. The molecule has 0 aliphatic rings. The van der Waals surface area contributed by atoms with Gasteiger partial charge in [0.25, 0.3) is 5.91 Å². The summed E-state index contributed by atoms with van der Waals surface area (Å²) in [4.78, 5) is 24.2. The minimum Gasteiger partial charge on any atom is -0.493 e. The van der Waals surface area contributed by atoms with Crippen molar-refractivity contribution in [1.82, 2.24) is 0 Å². The fourth-order valence-electron chi connectivity index (χ4n) is 2.25. The molecule has 0 fully saturated rings. The van der Waals surface area contributed by atoms with Crippen LogP contribution >= 0.6 is 0 Å². The van der Waals surface area contributed by atoms with E-state index in [9.17, 15) is 9.59 Å². The highest BCUT2D eigenvalue weighted by atomic mass is 16.5. The third-order valence-electron chi connectivity index (χ3n) is 4.04. The van der Waals surface area contributed by atoms with Crippen molar-refractivity contribution >= 4 is 23.2 Å². The Labute approximate surface area is 158 Å². The van der Waals surface area contributed by atoms with Crippen LogP contribution in [0.5, 0.6) is 11.5 Å². The van der Waals surface area contributed by atoms with E-state index in [0.717, 1.165) is 0 Å². The fourth-order valence-corrected chi connectivity index (χ4v) is 2.25. The molecule has 2 unspecified atom stereocenters. The van der Waals surface area contributed by atoms with Crippen molar-refractivity contribution in [2.75, 3.05) is 24.4 Å². The fraction of sp³-hybridized carbons (Fsp3) is 0.300. The summed E-state index contributed by atoms with van der Waals surface area (Å²) >= 11 is 0. The summed E-state index contributed by atoms with van der Waals surface area (Å²) in [6.45, 7) is 3.38. The number of anilines is 2. The number of ether oxygens (including phenoxy) is 2.